The number of nitriles is 1. The van der Waals surface area contributed by atoms with Crippen molar-refractivity contribution in [2.75, 3.05) is 26.0 Å². The molecular weight excluding hydrogens is 370 g/mol. The van der Waals surface area contributed by atoms with Crippen molar-refractivity contribution in [3.63, 3.8) is 0 Å². The monoisotopic (exact) mass is 387 g/mol. The van der Waals surface area contributed by atoms with E-state index >= 15 is 0 Å². The summed E-state index contributed by atoms with van der Waals surface area (Å²) in [7, 11) is -0.700. The highest BCUT2D eigenvalue weighted by Gasteiger charge is 2.17. The lowest BCUT2D eigenvalue weighted by Gasteiger charge is -2.12. The largest absolute Gasteiger partial charge is 0.452 e. The smallest absolute Gasteiger partial charge is 0.338 e. The normalized spacial score (nSPS) is 10.9. The van der Waals surface area contributed by atoms with Crippen molar-refractivity contribution in [3.05, 3.63) is 59.7 Å². The van der Waals surface area contributed by atoms with Gasteiger partial charge in [0.1, 0.15) is 0 Å². The number of amides is 1. The van der Waals surface area contributed by atoms with Gasteiger partial charge in [0.2, 0.25) is 10.0 Å². The van der Waals surface area contributed by atoms with E-state index in [0.717, 1.165) is 4.31 Å². The van der Waals surface area contributed by atoms with Crippen molar-refractivity contribution < 1.29 is 22.7 Å². The van der Waals surface area contributed by atoms with Gasteiger partial charge in [0.05, 0.1) is 22.1 Å². The van der Waals surface area contributed by atoms with Crippen LogP contribution in [0.2, 0.25) is 0 Å². The molecule has 0 atom stereocenters. The number of sulfonamides is 1. The maximum absolute atomic E-state index is 12.0. The molecule has 0 heterocycles. The first-order valence-electron chi connectivity index (χ1n) is 7.74. The van der Waals surface area contributed by atoms with E-state index in [1.807, 2.05) is 6.07 Å². The number of rotatable bonds is 6. The summed E-state index contributed by atoms with van der Waals surface area (Å²) >= 11 is 0. The fourth-order valence-electron chi connectivity index (χ4n) is 2.01. The molecule has 0 unspecified atom stereocenters. The Morgan fingerprint density at radius 2 is 1.67 bits per heavy atom. The van der Waals surface area contributed by atoms with Crippen LogP contribution in [0.3, 0.4) is 0 Å². The first-order valence-corrected chi connectivity index (χ1v) is 9.18. The SMILES string of the molecule is CN(C)S(=O)(=O)c1ccc(NC(=O)COC(=O)c2ccc(C#N)cc2)cc1. The van der Waals surface area contributed by atoms with Crippen LogP contribution >= 0.6 is 0 Å². The topological polar surface area (TPSA) is 117 Å². The first kappa shape index (κ1) is 20.1. The molecule has 0 fully saturated rings. The van der Waals surface area contributed by atoms with E-state index < -0.39 is 28.5 Å². The van der Waals surface area contributed by atoms with E-state index in [4.69, 9.17) is 10.00 Å². The van der Waals surface area contributed by atoms with Crippen molar-refractivity contribution >= 4 is 27.6 Å². The number of ether oxygens (including phenoxy) is 1. The zero-order valence-electron chi connectivity index (χ0n) is 14.7. The third-order valence-corrected chi connectivity index (χ3v) is 5.33. The summed E-state index contributed by atoms with van der Waals surface area (Å²) < 4.78 is 30.0. The molecule has 140 valence electrons. The summed E-state index contributed by atoms with van der Waals surface area (Å²) in [6, 6.07) is 13.4. The molecule has 0 aromatic heterocycles. The minimum atomic E-state index is -3.55. The molecule has 0 saturated carbocycles. The summed E-state index contributed by atoms with van der Waals surface area (Å²) in [6.07, 6.45) is 0. The van der Waals surface area contributed by atoms with Crippen LogP contribution in [-0.4, -0.2) is 45.3 Å². The lowest BCUT2D eigenvalue weighted by molar-refractivity contribution is -0.119. The molecule has 0 saturated heterocycles. The van der Waals surface area contributed by atoms with Gasteiger partial charge in [-0.2, -0.15) is 5.26 Å². The number of benzene rings is 2. The van der Waals surface area contributed by atoms with E-state index in [2.05, 4.69) is 5.32 Å². The lowest BCUT2D eigenvalue weighted by Crippen LogP contribution is -2.22. The van der Waals surface area contributed by atoms with Gasteiger partial charge in [-0.3, -0.25) is 4.79 Å². The highest BCUT2D eigenvalue weighted by atomic mass is 32.2. The molecule has 2 aromatic carbocycles. The third-order valence-electron chi connectivity index (χ3n) is 3.50. The van der Waals surface area contributed by atoms with Crippen LogP contribution in [0.4, 0.5) is 5.69 Å². The Bertz CT molecular complexity index is 975. The molecule has 2 aromatic rings. The molecule has 2 rings (SSSR count). The Balaban J connectivity index is 1.92. The molecule has 0 bridgehead atoms. The van der Waals surface area contributed by atoms with Crippen LogP contribution in [0, 0.1) is 11.3 Å². The van der Waals surface area contributed by atoms with E-state index in [9.17, 15) is 18.0 Å². The van der Waals surface area contributed by atoms with Crippen molar-refractivity contribution in [2.24, 2.45) is 0 Å². The molecular formula is C18H17N3O5S. The van der Waals surface area contributed by atoms with Crippen LogP contribution in [-0.2, 0) is 19.6 Å². The standard InChI is InChI=1S/C18H17N3O5S/c1-21(2)27(24,25)16-9-7-15(8-10-16)20-17(22)12-26-18(23)14-5-3-13(11-19)4-6-14/h3-10H,12H2,1-2H3,(H,20,22). The number of hydrogen-bond donors (Lipinski definition) is 1. The van der Waals surface area contributed by atoms with Gasteiger partial charge in [0, 0.05) is 19.8 Å². The Morgan fingerprint density at radius 3 is 2.19 bits per heavy atom. The summed E-state index contributed by atoms with van der Waals surface area (Å²) in [5, 5.41) is 11.2. The zero-order valence-corrected chi connectivity index (χ0v) is 15.5. The predicted molar refractivity (Wildman–Crippen MR) is 97.4 cm³/mol. The van der Waals surface area contributed by atoms with Crippen LogP contribution in [0.1, 0.15) is 15.9 Å². The molecule has 0 aliphatic heterocycles. The molecule has 0 spiro atoms. The van der Waals surface area contributed by atoms with Gasteiger partial charge in [-0.25, -0.2) is 17.5 Å². The van der Waals surface area contributed by atoms with Crippen molar-refractivity contribution in [3.8, 4) is 6.07 Å². The van der Waals surface area contributed by atoms with Gasteiger partial charge in [-0.1, -0.05) is 0 Å². The molecule has 1 amide bonds. The summed E-state index contributed by atoms with van der Waals surface area (Å²) in [4.78, 5) is 23.8. The van der Waals surface area contributed by atoms with Crippen LogP contribution < -0.4 is 5.32 Å². The Hall–Kier alpha value is -3.22. The fourth-order valence-corrected chi connectivity index (χ4v) is 2.92. The first-order chi connectivity index (χ1) is 12.7. The molecule has 1 N–H and O–H groups in total. The molecule has 27 heavy (non-hydrogen) atoms. The fraction of sp³-hybridized carbons (Fsp3) is 0.167. The summed E-state index contributed by atoms with van der Waals surface area (Å²) in [6.45, 7) is -0.503. The molecule has 0 aliphatic rings. The maximum Gasteiger partial charge on any atom is 0.338 e. The Kier molecular flexibility index (Phi) is 6.28. The van der Waals surface area contributed by atoms with E-state index in [1.165, 1.54) is 62.6 Å². The van der Waals surface area contributed by atoms with Gasteiger partial charge in [0.25, 0.3) is 5.91 Å². The summed E-state index contributed by atoms with van der Waals surface area (Å²) in [5.74, 6) is -1.26. The number of nitrogens with one attached hydrogen (secondary N) is 1. The highest BCUT2D eigenvalue weighted by Crippen LogP contribution is 2.16. The van der Waals surface area contributed by atoms with Gasteiger partial charge >= 0.3 is 5.97 Å². The minimum Gasteiger partial charge on any atom is -0.452 e. The number of carbonyl (C=O) groups is 2. The van der Waals surface area contributed by atoms with Crippen molar-refractivity contribution in [1.82, 2.24) is 4.31 Å². The molecule has 8 nitrogen and oxygen atoms in total. The number of anilines is 1. The van der Waals surface area contributed by atoms with Gasteiger partial charge in [0.15, 0.2) is 6.61 Å². The van der Waals surface area contributed by atoms with E-state index in [0.29, 0.717) is 11.3 Å². The average Bonchev–Trinajstić information content (AvgIpc) is 2.66. The lowest BCUT2D eigenvalue weighted by atomic mass is 10.1. The second kappa shape index (κ2) is 8.44. The van der Waals surface area contributed by atoms with Gasteiger partial charge in [-0.05, 0) is 48.5 Å². The number of hydrogen-bond acceptors (Lipinski definition) is 6. The quantitative estimate of drug-likeness (QED) is 0.753. The van der Waals surface area contributed by atoms with Crippen LogP contribution in [0.15, 0.2) is 53.4 Å². The molecule has 0 radical (unpaired) electrons. The number of nitrogens with zero attached hydrogens (tertiary/aromatic N) is 2. The van der Waals surface area contributed by atoms with Crippen LogP contribution in [0.5, 0.6) is 0 Å². The van der Waals surface area contributed by atoms with Crippen LogP contribution in [0.25, 0.3) is 0 Å². The Morgan fingerprint density at radius 1 is 1.07 bits per heavy atom. The molecule has 9 heteroatoms. The highest BCUT2D eigenvalue weighted by molar-refractivity contribution is 7.89. The Labute approximate surface area is 157 Å². The van der Waals surface area contributed by atoms with E-state index in [-0.39, 0.29) is 10.5 Å². The number of esters is 1. The second-order valence-electron chi connectivity index (χ2n) is 5.63. The summed E-state index contributed by atoms with van der Waals surface area (Å²) in [5.41, 5.74) is 0.996. The zero-order chi connectivity index (χ0) is 20.0. The molecule has 0 aliphatic carbocycles. The second-order valence-corrected chi connectivity index (χ2v) is 7.78. The predicted octanol–water partition coefficient (Wildman–Crippen LogP) is 1.60. The average molecular weight is 387 g/mol. The third kappa shape index (κ3) is 5.13. The van der Waals surface area contributed by atoms with Crippen molar-refractivity contribution in [1.29, 1.82) is 5.26 Å². The maximum atomic E-state index is 12.0. The van der Waals surface area contributed by atoms with Gasteiger partial charge < -0.3 is 10.1 Å². The van der Waals surface area contributed by atoms with Crippen molar-refractivity contribution in [2.45, 2.75) is 4.90 Å². The van der Waals surface area contributed by atoms with E-state index in [1.54, 1.807) is 0 Å². The minimum absolute atomic E-state index is 0.0951. The number of carbonyl (C=O) groups excluding carboxylic acids is 2. The van der Waals surface area contributed by atoms with Gasteiger partial charge in [-0.15, -0.1) is 0 Å².